The van der Waals surface area contributed by atoms with Crippen molar-refractivity contribution in [2.75, 3.05) is 29.5 Å². The molecule has 2 heterocycles. The van der Waals surface area contributed by atoms with Gasteiger partial charge in [0.05, 0.1) is 5.69 Å². The number of anilines is 1. The van der Waals surface area contributed by atoms with E-state index in [4.69, 9.17) is 4.98 Å². The van der Waals surface area contributed by atoms with Crippen LogP contribution in [-0.2, 0) is 13.0 Å². The number of nitrogens with zero attached hydrogens (tertiary/aromatic N) is 2. The molecule has 1 N–H and O–H groups in total. The van der Waals surface area contributed by atoms with Crippen molar-refractivity contribution in [1.82, 2.24) is 10.3 Å². The highest BCUT2D eigenvalue weighted by atomic mass is 32.2. The summed E-state index contributed by atoms with van der Waals surface area (Å²) >= 11 is 3.97. The predicted molar refractivity (Wildman–Crippen MR) is 92.2 cm³/mol. The Hall–Kier alpha value is -0.260. The molecule has 0 unspecified atom stereocenters. The fourth-order valence-electron chi connectivity index (χ4n) is 2.31. The van der Waals surface area contributed by atoms with Gasteiger partial charge >= 0.3 is 0 Å². The van der Waals surface area contributed by atoms with Crippen LogP contribution in [0.25, 0.3) is 0 Å². The Morgan fingerprint density at radius 2 is 2.15 bits per heavy atom. The molecule has 0 saturated carbocycles. The maximum Gasteiger partial charge on any atom is 0.185 e. The van der Waals surface area contributed by atoms with Crippen LogP contribution in [0.1, 0.15) is 44.2 Å². The van der Waals surface area contributed by atoms with Gasteiger partial charge in [0.2, 0.25) is 0 Å². The molecule has 1 fully saturated rings. The van der Waals surface area contributed by atoms with Crippen molar-refractivity contribution in [2.45, 2.75) is 52.6 Å². The molecular formula is C15H27N3S2. The Balaban J connectivity index is 2.09. The third-order valence-electron chi connectivity index (χ3n) is 3.42. The summed E-state index contributed by atoms with van der Waals surface area (Å²) in [6.07, 6.45) is 3.56. The summed E-state index contributed by atoms with van der Waals surface area (Å²) in [4.78, 5) is 8.86. The predicted octanol–water partition coefficient (Wildman–Crippen LogP) is 3.54. The van der Waals surface area contributed by atoms with Gasteiger partial charge < -0.3 is 10.2 Å². The first kappa shape index (κ1) is 16.1. The summed E-state index contributed by atoms with van der Waals surface area (Å²) < 4.78 is 0. The van der Waals surface area contributed by atoms with E-state index in [0.29, 0.717) is 6.04 Å². The van der Waals surface area contributed by atoms with Gasteiger partial charge in [0.15, 0.2) is 5.13 Å². The van der Waals surface area contributed by atoms with E-state index in [9.17, 15) is 0 Å². The van der Waals surface area contributed by atoms with E-state index in [1.54, 1.807) is 0 Å². The number of thiazole rings is 1. The van der Waals surface area contributed by atoms with E-state index >= 15 is 0 Å². The molecule has 2 rings (SSSR count). The van der Waals surface area contributed by atoms with Gasteiger partial charge in [0.1, 0.15) is 0 Å². The highest BCUT2D eigenvalue weighted by Crippen LogP contribution is 2.29. The molecule has 0 spiro atoms. The van der Waals surface area contributed by atoms with Crippen molar-refractivity contribution in [2.24, 2.45) is 0 Å². The first-order chi connectivity index (χ1) is 9.70. The second-order valence-electron chi connectivity index (χ2n) is 5.60. The lowest BCUT2D eigenvalue weighted by Gasteiger charge is -2.18. The Labute approximate surface area is 131 Å². The maximum atomic E-state index is 4.94. The Morgan fingerprint density at radius 1 is 1.30 bits per heavy atom. The molecule has 0 atom stereocenters. The maximum absolute atomic E-state index is 4.94. The van der Waals surface area contributed by atoms with E-state index in [1.807, 2.05) is 11.3 Å². The lowest BCUT2D eigenvalue weighted by molar-refractivity contribution is 0.589. The van der Waals surface area contributed by atoms with Gasteiger partial charge in [-0.15, -0.1) is 11.3 Å². The zero-order valence-electron chi connectivity index (χ0n) is 12.9. The lowest BCUT2D eigenvalue weighted by Crippen LogP contribution is -2.25. The molecule has 0 radical (unpaired) electrons. The minimum atomic E-state index is 0.532. The quantitative estimate of drug-likeness (QED) is 0.869. The average molecular weight is 314 g/mol. The van der Waals surface area contributed by atoms with Crippen LogP contribution in [0.4, 0.5) is 5.13 Å². The molecule has 1 saturated heterocycles. The molecule has 20 heavy (non-hydrogen) atoms. The van der Waals surface area contributed by atoms with Gasteiger partial charge in [0, 0.05) is 36.3 Å². The number of thioether (sulfide) groups is 1. The standard InChI is InChI=1S/C15H27N3S2/c1-4-6-13-14(11-16-12(2)3)20-15(17-13)18-7-5-9-19-10-8-18/h12,16H,4-11H2,1-3H3. The Morgan fingerprint density at radius 3 is 2.90 bits per heavy atom. The number of rotatable bonds is 6. The van der Waals surface area contributed by atoms with Crippen LogP contribution in [0, 0.1) is 0 Å². The van der Waals surface area contributed by atoms with Gasteiger partial charge in [0.25, 0.3) is 0 Å². The minimum absolute atomic E-state index is 0.532. The van der Waals surface area contributed by atoms with Crippen molar-refractivity contribution < 1.29 is 0 Å². The van der Waals surface area contributed by atoms with Crippen molar-refractivity contribution in [3.63, 3.8) is 0 Å². The summed E-state index contributed by atoms with van der Waals surface area (Å²) in [5, 5.41) is 4.78. The minimum Gasteiger partial charge on any atom is -0.347 e. The molecule has 114 valence electrons. The van der Waals surface area contributed by atoms with E-state index in [0.717, 1.165) is 19.5 Å². The molecule has 0 amide bonds. The Kier molecular flexibility index (Phi) is 6.65. The lowest BCUT2D eigenvalue weighted by atomic mass is 10.2. The number of aryl methyl sites for hydroxylation is 1. The van der Waals surface area contributed by atoms with E-state index in [2.05, 4.69) is 42.7 Å². The smallest absolute Gasteiger partial charge is 0.185 e. The van der Waals surface area contributed by atoms with E-state index < -0.39 is 0 Å². The second-order valence-corrected chi connectivity index (χ2v) is 7.89. The number of hydrogen-bond acceptors (Lipinski definition) is 5. The van der Waals surface area contributed by atoms with E-state index in [-0.39, 0.29) is 0 Å². The molecule has 3 nitrogen and oxygen atoms in total. The van der Waals surface area contributed by atoms with Crippen molar-refractivity contribution in [1.29, 1.82) is 0 Å². The Bertz CT molecular complexity index is 396. The average Bonchev–Trinajstić information content (AvgIpc) is 2.64. The van der Waals surface area contributed by atoms with Gasteiger partial charge in [-0.25, -0.2) is 4.98 Å². The van der Waals surface area contributed by atoms with Gasteiger partial charge in [-0.05, 0) is 18.6 Å². The molecule has 1 aromatic heterocycles. The van der Waals surface area contributed by atoms with E-state index in [1.165, 1.54) is 46.6 Å². The molecule has 1 aromatic rings. The van der Waals surface area contributed by atoms with Gasteiger partial charge in [-0.1, -0.05) is 27.2 Å². The van der Waals surface area contributed by atoms with Crippen LogP contribution in [0.5, 0.6) is 0 Å². The summed E-state index contributed by atoms with van der Waals surface area (Å²) in [6, 6.07) is 0.532. The molecule has 0 aromatic carbocycles. The van der Waals surface area contributed by atoms with Crippen molar-refractivity contribution >= 4 is 28.2 Å². The van der Waals surface area contributed by atoms with Crippen LogP contribution in [0.2, 0.25) is 0 Å². The third kappa shape index (κ3) is 4.64. The number of aromatic nitrogens is 1. The molecule has 5 heteroatoms. The highest BCUT2D eigenvalue weighted by Gasteiger charge is 2.17. The topological polar surface area (TPSA) is 28.2 Å². The fraction of sp³-hybridized carbons (Fsp3) is 0.800. The van der Waals surface area contributed by atoms with Crippen LogP contribution in [0.15, 0.2) is 0 Å². The number of hydrogen-bond donors (Lipinski definition) is 1. The summed E-state index contributed by atoms with van der Waals surface area (Å²) in [6.45, 7) is 9.93. The van der Waals surface area contributed by atoms with Crippen LogP contribution in [-0.4, -0.2) is 35.6 Å². The third-order valence-corrected chi connectivity index (χ3v) is 5.62. The van der Waals surface area contributed by atoms with Gasteiger partial charge in [-0.3, -0.25) is 0 Å². The summed E-state index contributed by atoms with van der Waals surface area (Å²) in [5.74, 6) is 2.54. The second kappa shape index (κ2) is 8.25. The summed E-state index contributed by atoms with van der Waals surface area (Å²) in [5.41, 5.74) is 1.32. The largest absolute Gasteiger partial charge is 0.347 e. The normalized spacial score (nSPS) is 16.7. The highest BCUT2D eigenvalue weighted by molar-refractivity contribution is 7.99. The number of nitrogens with one attached hydrogen (secondary N) is 1. The molecule has 1 aliphatic rings. The van der Waals surface area contributed by atoms with Gasteiger partial charge in [-0.2, -0.15) is 11.8 Å². The van der Waals surface area contributed by atoms with Crippen molar-refractivity contribution in [3.8, 4) is 0 Å². The summed E-state index contributed by atoms with van der Waals surface area (Å²) in [7, 11) is 0. The van der Waals surface area contributed by atoms with Crippen LogP contribution >= 0.6 is 23.1 Å². The van der Waals surface area contributed by atoms with Crippen molar-refractivity contribution in [3.05, 3.63) is 10.6 Å². The first-order valence-electron chi connectivity index (χ1n) is 7.75. The first-order valence-corrected chi connectivity index (χ1v) is 9.72. The zero-order valence-corrected chi connectivity index (χ0v) is 14.6. The SMILES string of the molecule is CCCc1nc(N2CCCSCC2)sc1CNC(C)C. The molecule has 1 aliphatic heterocycles. The molecular weight excluding hydrogens is 286 g/mol. The molecule has 0 bridgehead atoms. The molecule has 0 aliphatic carbocycles. The monoisotopic (exact) mass is 313 g/mol. The zero-order chi connectivity index (χ0) is 14.4. The van der Waals surface area contributed by atoms with Crippen LogP contribution in [0.3, 0.4) is 0 Å². The van der Waals surface area contributed by atoms with Crippen LogP contribution < -0.4 is 10.2 Å². The fourth-order valence-corrected chi connectivity index (χ4v) is 4.31.